The van der Waals surface area contributed by atoms with E-state index in [4.69, 9.17) is 28.8 Å². The van der Waals surface area contributed by atoms with Gasteiger partial charge in [0.25, 0.3) is 0 Å². The smallest absolute Gasteiger partial charge is 0.250 e. The fourth-order valence-corrected chi connectivity index (χ4v) is 6.05. The van der Waals surface area contributed by atoms with Crippen LogP contribution >= 0.6 is 0 Å². The summed E-state index contributed by atoms with van der Waals surface area (Å²) >= 11 is 0. The van der Waals surface area contributed by atoms with E-state index in [-0.39, 0.29) is 17.4 Å². The summed E-state index contributed by atoms with van der Waals surface area (Å²) in [6.07, 6.45) is 6.72. The minimum Gasteiger partial charge on any atom is -0.543 e. The number of benzene rings is 2. The molecule has 238 valence electrons. The second-order valence-electron chi connectivity index (χ2n) is 13.3. The molecule has 5 rings (SSSR count). The summed E-state index contributed by atoms with van der Waals surface area (Å²) in [4.78, 5) is 1.74. The average molecular weight is 620 g/mol. The van der Waals surface area contributed by atoms with Crippen molar-refractivity contribution in [3.63, 3.8) is 0 Å². The normalized spacial score (nSPS) is 16.8. The van der Waals surface area contributed by atoms with Crippen LogP contribution in [-0.4, -0.2) is 59.0 Å². The van der Waals surface area contributed by atoms with Gasteiger partial charge in [-0.1, -0.05) is 51.1 Å². The van der Waals surface area contributed by atoms with Crippen LogP contribution in [0.4, 0.5) is 0 Å². The summed E-state index contributed by atoms with van der Waals surface area (Å²) in [5.74, 6) is 0.874. The molecule has 0 aliphatic carbocycles. The van der Waals surface area contributed by atoms with Gasteiger partial charge >= 0.3 is 0 Å². The Labute approximate surface area is 263 Å². The molecule has 1 fully saturated rings. The van der Waals surface area contributed by atoms with Gasteiger partial charge in [-0.05, 0) is 80.9 Å². The highest BCUT2D eigenvalue weighted by molar-refractivity contribution is 6.74. The van der Waals surface area contributed by atoms with Crippen molar-refractivity contribution in [2.45, 2.75) is 103 Å². The third kappa shape index (κ3) is 8.15. The number of aryl methyl sites for hydroxylation is 1. The van der Waals surface area contributed by atoms with Crippen LogP contribution in [0.1, 0.15) is 71.6 Å². The van der Waals surface area contributed by atoms with Gasteiger partial charge < -0.3 is 18.6 Å². The Bertz CT molecular complexity index is 1470. The molecule has 1 saturated heterocycles. The number of fused-ring (bicyclic) bond motifs is 1. The van der Waals surface area contributed by atoms with Gasteiger partial charge in [0.2, 0.25) is 8.32 Å². The molecule has 10 heteroatoms. The van der Waals surface area contributed by atoms with Gasteiger partial charge in [0, 0.05) is 25.2 Å². The largest absolute Gasteiger partial charge is 0.543 e. The summed E-state index contributed by atoms with van der Waals surface area (Å²) < 4.78 is 26.6. The highest BCUT2D eigenvalue weighted by Crippen LogP contribution is 2.39. The van der Waals surface area contributed by atoms with E-state index in [9.17, 15) is 0 Å². The summed E-state index contributed by atoms with van der Waals surface area (Å²) in [6, 6.07) is 16.6. The fourth-order valence-electron chi connectivity index (χ4n) is 5.03. The van der Waals surface area contributed by atoms with Crippen molar-refractivity contribution in [2.24, 2.45) is 0 Å². The lowest BCUT2D eigenvalue weighted by molar-refractivity contribution is -0.0365. The monoisotopic (exact) mass is 619 g/mol. The molecule has 1 aliphatic heterocycles. The Hall–Kier alpha value is -3.05. The molecular weight excluding hydrogens is 570 g/mol. The zero-order valence-electron chi connectivity index (χ0n) is 27.3. The topological polar surface area (TPSA) is 85.5 Å². The maximum absolute atomic E-state index is 6.67. The Morgan fingerprint density at radius 3 is 2.61 bits per heavy atom. The van der Waals surface area contributed by atoms with Crippen molar-refractivity contribution < 1.29 is 18.6 Å². The third-order valence-corrected chi connectivity index (χ3v) is 13.1. The maximum Gasteiger partial charge on any atom is 0.250 e. The van der Waals surface area contributed by atoms with E-state index >= 15 is 0 Å². The number of rotatable bonds is 14. The summed E-state index contributed by atoms with van der Waals surface area (Å²) in [7, 11) is -2.00. The molecular formula is C34H49N5O4Si. The molecule has 0 bridgehead atoms. The van der Waals surface area contributed by atoms with E-state index in [1.807, 2.05) is 29.1 Å². The van der Waals surface area contributed by atoms with Crippen LogP contribution < -0.4 is 4.43 Å². The van der Waals surface area contributed by atoms with Gasteiger partial charge in [0.1, 0.15) is 17.1 Å². The maximum atomic E-state index is 6.67. The molecule has 0 N–H and O–H groups in total. The van der Waals surface area contributed by atoms with Crippen molar-refractivity contribution >= 4 is 19.2 Å². The van der Waals surface area contributed by atoms with Crippen LogP contribution in [-0.2, 0) is 27.4 Å². The lowest BCUT2D eigenvalue weighted by atomic mass is 10.1. The van der Waals surface area contributed by atoms with Crippen molar-refractivity contribution in [2.75, 3.05) is 19.8 Å². The highest BCUT2D eigenvalue weighted by Gasteiger charge is 2.39. The van der Waals surface area contributed by atoms with Crippen molar-refractivity contribution in [1.29, 1.82) is 0 Å². The number of hydrogen-bond donors (Lipinski definition) is 0. The quantitative estimate of drug-likeness (QED) is 0.105. The molecule has 1 aliphatic rings. The number of nitrogens with zero attached hydrogens (tertiary/aromatic N) is 5. The minimum absolute atomic E-state index is 0.0780. The first-order chi connectivity index (χ1) is 21.1. The van der Waals surface area contributed by atoms with Gasteiger partial charge in [-0.25, -0.2) is 4.68 Å². The molecule has 2 atom stereocenters. The SMILES string of the molecule is C[C@@H](CCOCCCn1ncc(-c2nn(C3CCCCO3)c3ccc(O[Si](C)(C)C(C)(C)C)cc23)n1)OCc1ccccc1. The van der Waals surface area contributed by atoms with Crippen molar-refractivity contribution in [3.05, 3.63) is 60.3 Å². The summed E-state index contributed by atoms with van der Waals surface area (Å²) in [5, 5.41) is 15.5. The predicted molar refractivity (Wildman–Crippen MR) is 176 cm³/mol. The molecule has 4 aromatic rings. The fraction of sp³-hybridized carbons (Fsp3) is 0.559. The van der Waals surface area contributed by atoms with Crippen molar-refractivity contribution in [3.8, 4) is 17.1 Å². The van der Waals surface area contributed by atoms with Crippen LogP contribution in [0.3, 0.4) is 0 Å². The second kappa shape index (κ2) is 14.4. The molecule has 3 heterocycles. The molecule has 0 spiro atoms. The van der Waals surface area contributed by atoms with Crippen LogP contribution in [0.5, 0.6) is 5.75 Å². The molecule has 2 aromatic heterocycles. The molecule has 44 heavy (non-hydrogen) atoms. The van der Waals surface area contributed by atoms with E-state index in [1.165, 1.54) is 5.56 Å². The minimum atomic E-state index is -2.00. The van der Waals surface area contributed by atoms with Crippen LogP contribution in [0.15, 0.2) is 54.7 Å². The molecule has 2 aromatic carbocycles. The van der Waals surface area contributed by atoms with E-state index in [0.717, 1.165) is 66.8 Å². The Morgan fingerprint density at radius 1 is 1.05 bits per heavy atom. The highest BCUT2D eigenvalue weighted by atomic mass is 28.4. The average Bonchev–Trinajstić information content (AvgIpc) is 3.62. The van der Waals surface area contributed by atoms with Gasteiger partial charge in [-0.15, -0.1) is 0 Å². The standard InChI is InChI=1S/C34H49N5O4Si/c1-26(42-25-27-13-8-7-9-14-27)18-22-40-20-12-19-38-35-24-30(36-38)33-29-23-28(43-44(5,6)34(2,3)4)16-17-31(29)39(37-33)32-15-10-11-21-41-32/h7-9,13-14,16-17,23-24,26,32H,10-12,15,18-22,25H2,1-6H3/t26-,32?/m0/s1. The molecule has 0 radical (unpaired) electrons. The van der Waals surface area contributed by atoms with Crippen LogP contribution in [0.25, 0.3) is 22.3 Å². The van der Waals surface area contributed by atoms with Gasteiger partial charge in [0.15, 0.2) is 6.23 Å². The van der Waals surface area contributed by atoms with Gasteiger partial charge in [-0.3, -0.25) is 0 Å². The summed E-state index contributed by atoms with van der Waals surface area (Å²) in [6.45, 7) is 16.8. The number of ether oxygens (including phenoxy) is 3. The van der Waals surface area contributed by atoms with Crippen LogP contribution in [0, 0.1) is 0 Å². The predicted octanol–water partition coefficient (Wildman–Crippen LogP) is 7.78. The Kier molecular flexibility index (Phi) is 10.6. The molecule has 9 nitrogen and oxygen atoms in total. The second-order valence-corrected chi connectivity index (χ2v) is 18.1. The molecule has 0 amide bonds. The lowest BCUT2D eigenvalue weighted by Crippen LogP contribution is -2.43. The molecule has 1 unspecified atom stereocenters. The van der Waals surface area contributed by atoms with Crippen molar-refractivity contribution in [1.82, 2.24) is 24.8 Å². The zero-order chi connectivity index (χ0) is 31.2. The molecule has 0 saturated carbocycles. The van der Waals surface area contributed by atoms with E-state index in [1.54, 1.807) is 4.80 Å². The van der Waals surface area contributed by atoms with Crippen LogP contribution in [0.2, 0.25) is 18.1 Å². The first kappa shape index (κ1) is 32.3. The first-order valence-electron chi connectivity index (χ1n) is 16.1. The number of hydrogen-bond acceptors (Lipinski definition) is 7. The Balaban J connectivity index is 1.20. The zero-order valence-corrected chi connectivity index (χ0v) is 28.3. The first-order valence-corrected chi connectivity index (χ1v) is 19.0. The van der Waals surface area contributed by atoms with E-state index in [2.05, 4.69) is 76.2 Å². The van der Waals surface area contributed by atoms with E-state index in [0.29, 0.717) is 26.4 Å². The lowest BCUT2D eigenvalue weighted by Gasteiger charge is -2.36. The van der Waals surface area contributed by atoms with Gasteiger partial charge in [0.05, 0.1) is 31.0 Å². The third-order valence-electron chi connectivity index (χ3n) is 8.76. The van der Waals surface area contributed by atoms with Gasteiger partial charge in [-0.2, -0.15) is 20.1 Å². The summed E-state index contributed by atoms with van der Waals surface area (Å²) in [5.41, 5.74) is 3.77. The number of aromatic nitrogens is 5. The van der Waals surface area contributed by atoms with E-state index < -0.39 is 8.32 Å². The Morgan fingerprint density at radius 2 is 1.86 bits per heavy atom.